The maximum atomic E-state index is 14.4. The topological polar surface area (TPSA) is 77.6 Å². The van der Waals surface area contributed by atoms with E-state index in [0.717, 1.165) is 6.07 Å². The van der Waals surface area contributed by atoms with E-state index in [9.17, 15) is 14.0 Å². The largest absolute Gasteiger partial charge is 0.462 e. The van der Waals surface area contributed by atoms with Crippen molar-refractivity contribution in [2.45, 2.75) is 19.6 Å². The van der Waals surface area contributed by atoms with Crippen LogP contribution >= 0.6 is 0 Å². The molecule has 0 aliphatic carbocycles. The van der Waals surface area contributed by atoms with Crippen molar-refractivity contribution in [2.75, 3.05) is 19.8 Å². The van der Waals surface area contributed by atoms with Gasteiger partial charge in [0.1, 0.15) is 11.4 Å². The molecule has 122 valence electrons. The Labute approximate surface area is 131 Å². The zero-order valence-corrected chi connectivity index (χ0v) is 12.8. The summed E-state index contributed by atoms with van der Waals surface area (Å²) in [6.45, 7) is 4.14. The fourth-order valence-corrected chi connectivity index (χ4v) is 2.62. The first-order chi connectivity index (χ1) is 11.0. The van der Waals surface area contributed by atoms with Gasteiger partial charge in [0.15, 0.2) is 5.79 Å². The lowest BCUT2D eigenvalue weighted by molar-refractivity contribution is -0.151. The monoisotopic (exact) mass is 321 g/mol. The van der Waals surface area contributed by atoms with Crippen LogP contribution in [0.2, 0.25) is 0 Å². The standard InChI is InChI=1S/C16H16FNO5/c1-3-21-15(20)10-8-18-13-7-11(16(2)22-4-5-23-16)12(17)6-9(13)14(10)19/h6-8H,3-5H2,1-2H3,(H,18,19). The molecule has 0 unspecified atom stereocenters. The van der Waals surface area contributed by atoms with Crippen molar-refractivity contribution in [3.8, 4) is 0 Å². The molecule has 1 fully saturated rings. The molecule has 1 aromatic carbocycles. The molecule has 0 bridgehead atoms. The number of nitrogens with one attached hydrogen (secondary N) is 1. The maximum Gasteiger partial charge on any atom is 0.343 e. The predicted molar refractivity (Wildman–Crippen MR) is 79.7 cm³/mol. The van der Waals surface area contributed by atoms with Gasteiger partial charge in [-0.25, -0.2) is 9.18 Å². The molecule has 3 rings (SSSR count). The van der Waals surface area contributed by atoms with Gasteiger partial charge in [0.25, 0.3) is 0 Å². The van der Waals surface area contributed by atoms with E-state index in [4.69, 9.17) is 14.2 Å². The Morgan fingerprint density at radius 1 is 1.39 bits per heavy atom. The highest BCUT2D eigenvalue weighted by Crippen LogP contribution is 2.33. The Kier molecular flexibility index (Phi) is 3.91. The molecule has 1 N–H and O–H groups in total. The molecule has 0 atom stereocenters. The number of aromatic nitrogens is 1. The van der Waals surface area contributed by atoms with Crippen LogP contribution in [0.1, 0.15) is 29.8 Å². The second-order valence-electron chi connectivity index (χ2n) is 5.27. The molecular formula is C16H16FNO5. The van der Waals surface area contributed by atoms with Gasteiger partial charge in [-0.2, -0.15) is 0 Å². The number of benzene rings is 1. The second-order valence-corrected chi connectivity index (χ2v) is 5.27. The lowest BCUT2D eigenvalue weighted by Crippen LogP contribution is -2.25. The van der Waals surface area contributed by atoms with Gasteiger partial charge in [-0.1, -0.05) is 0 Å². The van der Waals surface area contributed by atoms with Crippen LogP contribution in [0.15, 0.2) is 23.1 Å². The first-order valence-electron chi connectivity index (χ1n) is 7.26. The molecule has 1 aromatic heterocycles. The minimum Gasteiger partial charge on any atom is -0.462 e. The third-order valence-corrected chi connectivity index (χ3v) is 3.79. The molecule has 1 aliphatic heterocycles. The van der Waals surface area contributed by atoms with Crippen molar-refractivity contribution in [1.29, 1.82) is 0 Å². The SMILES string of the molecule is CCOC(=O)c1c[nH]c2cc(C3(C)OCCO3)c(F)cc2c1=O. The van der Waals surface area contributed by atoms with E-state index in [1.165, 1.54) is 12.3 Å². The van der Waals surface area contributed by atoms with Gasteiger partial charge in [0.05, 0.1) is 19.8 Å². The lowest BCUT2D eigenvalue weighted by atomic mass is 10.0. The number of hydrogen-bond acceptors (Lipinski definition) is 5. The third kappa shape index (κ3) is 2.62. The number of hydrogen-bond donors (Lipinski definition) is 1. The molecule has 6 nitrogen and oxygen atoms in total. The highest BCUT2D eigenvalue weighted by Gasteiger charge is 2.36. The van der Waals surface area contributed by atoms with Crippen molar-refractivity contribution in [2.24, 2.45) is 0 Å². The lowest BCUT2D eigenvalue weighted by Gasteiger charge is -2.23. The van der Waals surface area contributed by atoms with E-state index < -0.39 is 23.0 Å². The summed E-state index contributed by atoms with van der Waals surface area (Å²) in [5, 5.41) is 0.0680. The Balaban J connectivity index is 2.14. The van der Waals surface area contributed by atoms with Crippen LogP contribution in [0.5, 0.6) is 0 Å². The van der Waals surface area contributed by atoms with E-state index in [1.807, 2.05) is 0 Å². The molecule has 7 heteroatoms. The summed E-state index contributed by atoms with van der Waals surface area (Å²) in [6, 6.07) is 2.55. The number of ether oxygens (including phenoxy) is 3. The van der Waals surface area contributed by atoms with Crippen LogP contribution in [-0.4, -0.2) is 30.8 Å². The van der Waals surface area contributed by atoms with Crippen molar-refractivity contribution in [3.05, 3.63) is 45.5 Å². The van der Waals surface area contributed by atoms with Gasteiger partial charge in [0.2, 0.25) is 5.43 Å². The molecule has 2 aromatic rings. The van der Waals surface area contributed by atoms with Gasteiger partial charge >= 0.3 is 5.97 Å². The van der Waals surface area contributed by atoms with Gasteiger partial charge in [-0.15, -0.1) is 0 Å². The normalized spacial score (nSPS) is 16.7. The fourth-order valence-electron chi connectivity index (χ4n) is 2.62. The quantitative estimate of drug-likeness (QED) is 0.876. The van der Waals surface area contributed by atoms with Gasteiger partial charge in [-0.3, -0.25) is 4.79 Å². The van der Waals surface area contributed by atoms with Crippen molar-refractivity contribution in [1.82, 2.24) is 4.98 Å². The summed E-state index contributed by atoms with van der Waals surface area (Å²) in [5.41, 5.74) is -0.158. The number of carbonyl (C=O) groups excluding carboxylic acids is 1. The number of aromatic amines is 1. The number of pyridine rings is 1. The van der Waals surface area contributed by atoms with Crippen LogP contribution in [0, 0.1) is 5.82 Å². The van der Waals surface area contributed by atoms with E-state index >= 15 is 0 Å². The van der Waals surface area contributed by atoms with Crippen LogP contribution < -0.4 is 5.43 Å². The van der Waals surface area contributed by atoms with Crippen LogP contribution in [-0.2, 0) is 20.0 Å². The molecule has 0 radical (unpaired) electrons. The van der Waals surface area contributed by atoms with E-state index in [-0.39, 0.29) is 23.1 Å². The van der Waals surface area contributed by atoms with Crippen LogP contribution in [0.4, 0.5) is 4.39 Å². The molecular weight excluding hydrogens is 305 g/mol. The van der Waals surface area contributed by atoms with E-state index in [0.29, 0.717) is 18.7 Å². The Hall–Kier alpha value is -2.25. The fraction of sp³-hybridized carbons (Fsp3) is 0.375. The third-order valence-electron chi connectivity index (χ3n) is 3.79. The van der Waals surface area contributed by atoms with Crippen molar-refractivity contribution in [3.63, 3.8) is 0 Å². The van der Waals surface area contributed by atoms with Crippen molar-refractivity contribution < 1.29 is 23.4 Å². The minimum absolute atomic E-state index is 0.0680. The zero-order chi connectivity index (χ0) is 16.6. The second kappa shape index (κ2) is 5.75. The van der Waals surface area contributed by atoms with Gasteiger partial charge in [-0.05, 0) is 26.0 Å². The average Bonchev–Trinajstić information content (AvgIpc) is 2.95. The first kappa shape index (κ1) is 15.6. The summed E-state index contributed by atoms with van der Waals surface area (Å²) < 4.78 is 30.2. The summed E-state index contributed by atoms with van der Waals surface area (Å²) in [4.78, 5) is 26.9. The molecule has 0 amide bonds. The number of carbonyl (C=O) groups is 1. The molecule has 0 saturated carbocycles. The average molecular weight is 321 g/mol. The Morgan fingerprint density at radius 3 is 2.74 bits per heavy atom. The smallest absolute Gasteiger partial charge is 0.343 e. The number of H-pyrrole nitrogens is 1. The highest BCUT2D eigenvalue weighted by atomic mass is 19.1. The predicted octanol–water partition coefficient (Wildman–Crippen LogP) is 2.06. The Morgan fingerprint density at radius 2 is 2.09 bits per heavy atom. The summed E-state index contributed by atoms with van der Waals surface area (Å²) in [6.07, 6.45) is 1.27. The van der Waals surface area contributed by atoms with E-state index in [2.05, 4.69) is 4.98 Å². The number of halogens is 1. The summed E-state index contributed by atoms with van der Waals surface area (Å²) >= 11 is 0. The van der Waals surface area contributed by atoms with Crippen molar-refractivity contribution >= 4 is 16.9 Å². The number of rotatable bonds is 3. The van der Waals surface area contributed by atoms with Gasteiger partial charge in [0, 0.05) is 22.7 Å². The number of fused-ring (bicyclic) bond motifs is 1. The van der Waals surface area contributed by atoms with Crippen LogP contribution in [0.25, 0.3) is 10.9 Å². The molecule has 23 heavy (non-hydrogen) atoms. The molecule has 1 saturated heterocycles. The summed E-state index contributed by atoms with van der Waals surface area (Å²) in [5.74, 6) is -2.56. The molecule has 2 heterocycles. The maximum absolute atomic E-state index is 14.4. The molecule has 1 aliphatic rings. The molecule has 0 spiro atoms. The Bertz CT molecular complexity index is 823. The summed E-state index contributed by atoms with van der Waals surface area (Å²) in [7, 11) is 0. The van der Waals surface area contributed by atoms with Gasteiger partial charge < -0.3 is 19.2 Å². The first-order valence-corrected chi connectivity index (χ1v) is 7.26. The minimum atomic E-state index is -1.19. The highest BCUT2D eigenvalue weighted by molar-refractivity contribution is 5.93. The van der Waals surface area contributed by atoms with E-state index in [1.54, 1.807) is 13.8 Å². The zero-order valence-electron chi connectivity index (χ0n) is 12.8. The van der Waals surface area contributed by atoms with Crippen LogP contribution in [0.3, 0.4) is 0 Å². The number of esters is 1.